The number of Topliss-reactive ketones (excluding diaryl/α,β-unsaturated/α-hetero) is 1. The summed E-state index contributed by atoms with van der Waals surface area (Å²) >= 11 is 7.80. The summed E-state index contributed by atoms with van der Waals surface area (Å²) in [5.74, 6) is 1.68. The van der Waals surface area contributed by atoms with Crippen molar-refractivity contribution in [1.29, 1.82) is 0 Å². The zero-order chi connectivity index (χ0) is 22.2. The molecule has 0 fully saturated rings. The molecule has 4 aromatic rings. The Morgan fingerprint density at radius 2 is 1.56 bits per heavy atom. The van der Waals surface area contributed by atoms with Crippen molar-refractivity contribution in [3.05, 3.63) is 59.8 Å². The topological polar surface area (TPSA) is 97.7 Å². The van der Waals surface area contributed by atoms with Gasteiger partial charge in [-0.15, -0.1) is 54.4 Å². The van der Waals surface area contributed by atoms with Crippen LogP contribution in [-0.4, -0.2) is 37.8 Å². The van der Waals surface area contributed by atoms with E-state index >= 15 is 0 Å². The normalized spacial score (nSPS) is 11.0. The Hall–Kier alpha value is -1.99. The van der Waals surface area contributed by atoms with Crippen LogP contribution in [0.2, 0.25) is 0 Å². The van der Waals surface area contributed by atoms with Gasteiger partial charge in [0, 0.05) is 34.1 Å². The standard InChI is InChI=1S/C20H19N5O2S5/c26-13(9-14-3-1-6-29-14)10-18-23-22-17(31-18)5-8-28-12-19-24-25-20(32-19)21-16(27)11-15-4-2-7-30-15/h1-4,6-7H,5,8-12H2,(H,21,25,27). The van der Waals surface area contributed by atoms with Gasteiger partial charge in [0.1, 0.15) is 20.8 Å². The minimum atomic E-state index is -0.0799. The molecule has 7 nitrogen and oxygen atoms in total. The second-order valence-electron chi connectivity index (χ2n) is 6.67. The first-order valence-corrected chi connectivity index (χ1v) is 14.3. The van der Waals surface area contributed by atoms with E-state index in [9.17, 15) is 9.59 Å². The lowest BCUT2D eigenvalue weighted by atomic mass is 10.2. The molecule has 12 heteroatoms. The summed E-state index contributed by atoms with van der Waals surface area (Å²) < 4.78 is 0. The van der Waals surface area contributed by atoms with E-state index in [1.807, 2.05) is 35.0 Å². The van der Waals surface area contributed by atoms with Crippen LogP contribution in [0.4, 0.5) is 5.13 Å². The van der Waals surface area contributed by atoms with Gasteiger partial charge in [0.2, 0.25) is 11.0 Å². The summed E-state index contributed by atoms with van der Waals surface area (Å²) in [4.78, 5) is 26.3. The summed E-state index contributed by atoms with van der Waals surface area (Å²) in [5, 5.41) is 26.4. The van der Waals surface area contributed by atoms with Crippen LogP contribution in [0.25, 0.3) is 0 Å². The molecule has 0 aliphatic heterocycles. The lowest BCUT2D eigenvalue weighted by molar-refractivity contribution is -0.118. The zero-order valence-corrected chi connectivity index (χ0v) is 20.9. The molecule has 166 valence electrons. The van der Waals surface area contributed by atoms with Crippen LogP contribution in [0.5, 0.6) is 0 Å². The number of nitrogens with zero attached hydrogens (tertiary/aromatic N) is 4. The fourth-order valence-electron chi connectivity index (χ4n) is 2.72. The average Bonchev–Trinajstić information content (AvgIpc) is 3.55. The molecule has 4 rings (SSSR count). The lowest BCUT2D eigenvalue weighted by Crippen LogP contribution is -2.13. The van der Waals surface area contributed by atoms with Gasteiger partial charge in [-0.1, -0.05) is 23.5 Å². The smallest absolute Gasteiger partial charge is 0.231 e. The first-order valence-electron chi connectivity index (χ1n) is 9.72. The lowest BCUT2D eigenvalue weighted by Gasteiger charge is -1.98. The van der Waals surface area contributed by atoms with Crippen LogP contribution in [0, 0.1) is 0 Å². The van der Waals surface area contributed by atoms with E-state index in [0.717, 1.165) is 42.7 Å². The van der Waals surface area contributed by atoms with Gasteiger partial charge in [0.05, 0.1) is 12.8 Å². The van der Waals surface area contributed by atoms with Gasteiger partial charge in [-0.2, -0.15) is 11.8 Å². The Kier molecular flexibility index (Phi) is 8.51. The van der Waals surface area contributed by atoms with Crippen molar-refractivity contribution in [3.8, 4) is 0 Å². The van der Waals surface area contributed by atoms with Gasteiger partial charge < -0.3 is 5.32 Å². The Balaban J connectivity index is 1.14. The van der Waals surface area contributed by atoms with Crippen molar-refractivity contribution in [2.75, 3.05) is 11.1 Å². The van der Waals surface area contributed by atoms with E-state index in [4.69, 9.17) is 0 Å². The molecule has 0 aliphatic rings. The number of nitrogens with one attached hydrogen (secondary N) is 1. The molecule has 1 N–H and O–H groups in total. The SMILES string of the molecule is O=C(Cc1cccs1)Cc1nnc(CCSCc2nnc(NC(=O)Cc3cccs3)s2)s1. The second kappa shape index (κ2) is 11.8. The Morgan fingerprint density at radius 1 is 0.844 bits per heavy atom. The van der Waals surface area contributed by atoms with E-state index in [1.54, 1.807) is 34.4 Å². The van der Waals surface area contributed by atoms with Crippen LogP contribution in [0.15, 0.2) is 35.0 Å². The van der Waals surface area contributed by atoms with Gasteiger partial charge in [-0.05, 0) is 22.9 Å². The molecule has 0 unspecified atom stereocenters. The molecule has 0 radical (unpaired) electrons. The largest absolute Gasteiger partial charge is 0.300 e. The fourth-order valence-corrected chi connectivity index (χ4v) is 6.91. The molecule has 0 aliphatic carbocycles. The van der Waals surface area contributed by atoms with Gasteiger partial charge >= 0.3 is 0 Å². The number of hydrogen-bond donors (Lipinski definition) is 1. The maximum Gasteiger partial charge on any atom is 0.231 e. The third-order valence-electron chi connectivity index (χ3n) is 4.12. The third-order valence-corrected chi connectivity index (χ3v) is 8.85. The van der Waals surface area contributed by atoms with Gasteiger partial charge in [-0.25, -0.2) is 0 Å². The summed E-state index contributed by atoms with van der Waals surface area (Å²) in [5.41, 5.74) is 0. The van der Waals surface area contributed by atoms with Crippen molar-refractivity contribution >= 4 is 73.9 Å². The number of ketones is 1. The zero-order valence-electron chi connectivity index (χ0n) is 16.9. The van der Waals surface area contributed by atoms with Crippen LogP contribution in [0.3, 0.4) is 0 Å². The predicted octanol–water partition coefficient (Wildman–Crippen LogP) is 4.52. The molecular formula is C20H19N5O2S5. The van der Waals surface area contributed by atoms with Gasteiger partial charge in [0.15, 0.2) is 0 Å². The molecule has 0 saturated carbocycles. The summed E-state index contributed by atoms with van der Waals surface area (Å²) in [6.45, 7) is 0. The van der Waals surface area contributed by atoms with Crippen molar-refractivity contribution in [2.24, 2.45) is 0 Å². The van der Waals surface area contributed by atoms with E-state index in [-0.39, 0.29) is 11.7 Å². The third kappa shape index (κ3) is 7.27. The van der Waals surface area contributed by atoms with Crippen LogP contribution in [-0.2, 0) is 41.0 Å². The number of aryl methyl sites for hydroxylation is 1. The Morgan fingerprint density at radius 3 is 2.31 bits per heavy atom. The highest BCUT2D eigenvalue weighted by Crippen LogP contribution is 2.22. The first-order chi connectivity index (χ1) is 15.6. The van der Waals surface area contributed by atoms with Crippen molar-refractivity contribution < 1.29 is 9.59 Å². The molecule has 0 bridgehead atoms. The van der Waals surface area contributed by atoms with Crippen LogP contribution < -0.4 is 5.32 Å². The summed E-state index contributed by atoms with van der Waals surface area (Å²) in [6, 6.07) is 7.81. The molecule has 0 spiro atoms. The number of rotatable bonds is 12. The quantitative estimate of drug-likeness (QED) is 0.274. The molecule has 0 saturated heterocycles. The van der Waals surface area contributed by atoms with Crippen LogP contribution >= 0.6 is 57.1 Å². The minimum absolute atomic E-state index is 0.0799. The Bertz CT molecular complexity index is 1050. The molecule has 4 heterocycles. The summed E-state index contributed by atoms with van der Waals surface area (Å²) in [6.07, 6.45) is 1.95. The number of thioether (sulfide) groups is 1. The number of amides is 1. The molecule has 32 heavy (non-hydrogen) atoms. The highest BCUT2D eigenvalue weighted by Gasteiger charge is 2.12. The number of thiophene rings is 2. The minimum Gasteiger partial charge on any atom is -0.300 e. The average molecular weight is 522 g/mol. The molecule has 0 aromatic carbocycles. The van der Waals surface area contributed by atoms with Crippen LogP contribution in [0.1, 0.15) is 24.8 Å². The molecule has 0 atom stereocenters. The summed E-state index contributed by atoms with van der Waals surface area (Å²) in [7, 11) is 0. The maximum atomic E-state index is 12.2. The Labute approximate surface area is 205 Å². The van der Waals surface area contributed by atoms with Gasteiger partial charge in [-0.3, -0.25) is 9.59 Å². The highest BCUT2D eigenvalue weighted by molar-refractivity contribution is 7.98. The fraction of sp³-hybridized carbons (Fsp3) is 0.300. The molecule has 1 amide bonds. The van der Waals surface area contributed by atoms with Crippen molar-refractivity contribution in [3.63, 3.8) is 0 Å². The predicted molar refractivity (Wildman–Crippen MR) is 133 cm³/mol. The number of hydrogen-bond acceptors (Lipinski definition) is 11. The second-order valence-corrected chi connectivity index (χ2v) is 12.0. The maximum absolute atomic E-state index is 12.2. The van der Waals surface area contributed by atoms with E-state index < -0.39 is 0 Å². The van der Waals surface area contributed by atoms with Gasteiger partial charge in [0.25, 0.3) is 0 Å². The molecular weight excluding hydrogens is 503 g/mol. The number of carbonyl (C=O) groups is 2. The van der Waals surface area contributed by atoms with E-state index in [0.29, 0.717) is 24.4 Å². The van der Waals surface area contributed by atoms with Crippen molar-refractivity contribution in [1.82, 2.24) is 20.4 Å². The number of anilines is 1. The molecule has 4 aromatic heterocycles. The van der Waals surface area contributed by atoms with E-state index in [1.165, 1.54) is 22.7 Å². The monoisotopic (exact) mass is 521 g/mol. The number of carbonyl (C=O) groups excluding carboxylic acids is 2. The first kappa shape index (κ1) is 23.2. The highest BCUT2D eigenvalue weighted by atomic mass is 32.2. The van der Waals surface area contributed by atoms with E-state index in [2.05, 4.69) is 25.7 Å². The van der Waals surface area contributed by atoms with Crippen molar-refractivity contribution in [2.45, 2.75) is 31.4 Å². The number of aromatic nitrogens is 4.